The summed E-state index contributed by atoms with van der Waals surface area (Å²) in [5, 5.41) is 9.02. The Morgan fingerprint density at radius 2 is 1.50 bits per heavy atom. The number of ether oxygens (including phenoxy) is 1. The lowest BCUT2D eigenvalue weighted by Gasteiger charge is -2.15. The summed E-state index contributed by atoms with van der Waals surface area (Å²) in [6.07, 6.45) is -9.83. The van der Waals surface area contributed by atoms with E-state index in [1.807, 2.05) is 0 Å². The second kappa shape index (κ2) is 7.55. The standard InChI is InChI=1S/C17H15F6NO2/c18-16(19,20)12-4-10(5-13(7-12)17(21,22)23)9-26-14-3-1-2-11(6-14)15(24)8-25/h1-7,15,25H,8-9,24H2/t15-/m1/s1. The maximum absolute atomic E-state index is 12.8. The van der Waals surface area contributed by atoms with E-state index in [1.54, 1.807) is 12.1 Å². The number of aliphatic hydroxyl groups is 1. The first-order valence-corrected chi connectivity index (χ1v) is 7.38. The number of hydrogen-bond donors (Lipinski definition) is 2. The van der Waals surface area contributed by atoms with Crippen LogP contribution in [0.2, 0.25) is 0 Å². The Morgan fingerprint density at radius 1 is 0.923 bits per heavy atom. The summed E-state index contributed by atoms with van der Waals surface area (Å²) in [4.78, 5) is 0. The lowest BCUT2D eigenvalue weighted by Crippen LogP contribution is -2.14. The molecule has 0 bridgehead atoms. The van der Waals surface area contributed by atoms with E-state index in [4.69, 9.17) is 15.6 Å². The van der Waals surface area contributed by atoms with E-state index in [1.165, 1.54) is 12.1 Å². The van der Waals surface area contributed by atoms with Crippen LogP contribution >= 0.6 is 0 Å². The molecule has 0 aromatic heterocycles. The fourth-order valence-corrected chi connectivity index (χ4v) is 2.21. The Kier molecular flexibility index (Phi) is 5.82. The van der Waals surface area contributed by atoms with E-state index in [2.05, 4.69) is 0 Å². The normalized spacial score (nSPS) is 13.5. The second-order valence-corrected chi connectivity index (χ2v) is 5.56. The van der Waals surface area contributed by atoms with E-state index in [0.717, 1.165) is 0 Å². The highest BCUT2D eigenvalue weighted by Crippen LogP contribution is 2.36. The van der Waals surface area contributed by atoms with Crippen molar-refractivity contribution >= 4 is 0 Å². The average Bonchev–Trinajstić information content (AvgIpc) is 2.57. The minimum absolute atomic E-state index is 0.0599. The average molecular weight is 379 g/mol. The molecule has 0 saturated carbocycles. The lowest BCUT2D eigenvalue weighted by molar-refractivity contribution is -0.143. The maximum atomic E-state index is 12.8. The van der Waals surface area contributed by atoms with Crippen molar-refractivity contribution < 1.29 is 36.2 Å². The highest BCUT2D eigenvalue weighted by atomic mass is 19.4. The van der Waals surface area contributed by atoms with Crippen molar-refractivity contribution in [1.29, 1.82) is 0 Å². The third-order valence-electron chi connectivity index (χ3n) is 3.54. The van der Waals surface area contributed by atoms with Gasteiger partial charge in [-0.25, -0.2) is 0 Å². The molecule has 0 radical (unpaired) electrons. The zero-order valence-electron chi connectivity index (χ0n) is 13.2. The minimum atomic E-state index is -4.91. The van der Waals surface area contributed by atoms with E-state index in [0.29, 0.717) is 17.7 Å². The van der Waals surface area contributed by atoms with Gasteiger partial charge in [0.05, 0.1) is 23.8 Å². The molecule has 142 valence electrons. The largest absolute Gasteiger partial charge is 0.489 e. The van der Waals surface area contributed by atoms with Crippen LogP contribution in [-0.2, 0) is 19.0 Å². The minimum Gasteiger partial charge on any atom is -0.489 e. The molecule has 0 heterocycles. The zero-order valence-corrected chi connectivity index (χ0v) is 13.2. The van der Waals surface area contributed by atoms with E-state index >= 15 is 0 Å². The van der Waals surface area contributed by atoms with Gasteiger partial charge in [0.25, 0.3) is 0 Å². The first-order valence-electron chi connectivity index (χ1n) is 7.38. The number of alkyl halides is 6. The molecule has 3 N–H and O–H groups in total. The summed E-state index contributed by atoms with van der Waals surface area (Å²) in [6.45, 7) is -0.823. The molecule has 0 amide bonds. The molecule has 2 aromatic carbocycles. The topological polar surface area (TPSA) is 55.5 Å². The molecular formula is C17H15F6NO2. The van der Waals surface area contributed by atoms with Crippen LogP contribution in [0.15, 0.2) is 42.5 Å². The van der Waals surface area contributed by atoms with Gasteiger partial charge in [-0.1, -0.05) is 12.1 Å². The SMILES string of the molecule is N[C@H](CO)c1cccc(OCc2cc(C(F)(F)F)cc(C(F)(F)F)c2)c1. The van der Waals surface area contributed by atoms with E-state index in [-0.39, 0.29) is 24.0 Å². The molecule has 2 rings (SSSR count). The van der Waals surface area contributed by atoms with E-state index < -0.39 is 36.1 Å². The fraction of sp³-hybridized carbons (Fsp3) is 0.294. The molecule has 1 atom stereocenters. The quantitative estimate of drug-likeness (QED) is 0.762. The number of rotatable bonds is 5. The predicted molar refractivity (Wildman–Crippen MR) is 81.2 cm³/mol. The van der Waals surface area contributed by atoms with Crippen LogP contribution in [-0.4, -0.2) is 11.7 Å². The number of benzene rings is 2. The number of nitrogens with two attached hydrogens (primary N) is 1. The van der Waals surface area contributed by atoms with Crippen molar-refractivity contribution in [2.45, 2.75) is 25.0 Å². The molecule has 0 aliphatic heterocycles. The summed E-state index contributed by atoms with van der Waals surface area (Å²) in [7, 11) is 0. The third-order valence-corrected chi connectivity index (χ3v) is 3.54. The van der Waals surface area contributed by atoms with Crippen LogP contribution in [0.25, 0.3) is 0 Å². The molecule has 0 fully saturated rings. The van der Waals surface area contributed by atoms with Crippen LogP contribution in [0.1, 0.15) is 28.3 Å². The molecule has 0 spiro atoms. The summed E-state index contributed by atoms with van der Waals surface area (Å²) in [6, 6.07) is 6.70. The van der Waals surface area contributed by atoms with Crippen molar-refractivity contribution in [3.8, 4) is 5.75 Å². The number of hydrogen-bond acceptors (Lipinski definition) is 3. The molecule has 9 heteroatoms. The Morgan fingerprint density at radius 3 is 2.00 bits per heavy atom. The molecule has 3 nitrogen and oxygen atoms in total. The van der Waals surface area contributed by atoms with Crippen molar-refractivity contribution in [3.05, 3.63) is 64.7 Å². The van der Waals surface area contributed by atoms with Gasteiger partial charge in [-0.15, -0.1) is 0 Å². The summed E-state index contributed by atoms with van der Waals surface area (Å²) >= 11 is 0. The van der Waals surface area contributed by atoms with Gasteiger partial charge in [0.2, 0.25) is 0 Å². The Labute approximate surface area is 145 Å². The van der Waals surface area contributed by atoms with Gasteiger partial charge in [-0.2, -0.15) is 26.3 Å². The van der Waals surface area contributed by atoms with Crippen LogP contribution < -0.4 is 10.5 Å². The summed E-state index contributed by atoms with van der Waals surface area (Å²) in [5.41, 5.74) is 3.09. The van der Waals surface area contributed by atoms with Crippen LogP contribution in [0.3, 0.4) is 0 Å². The van der Waals surface area contributed by atoms with Gasteiger partial charge in [-0.3, -0.25) is 0 Å². The maximum Gasteiger partial charge on any atom is 0.416 e. The highest BCUT2D eigenvalue weighted by molar-refractivity contribution is 5.34. The molecule has 0 aliphatic rings. The first kappa shape index (κ1) is 20.1. The molecule has 2 aromatic rings. The first-order chi connectivity index (χ1) is 12.0. The van der Waals surface area contributed by atoms with Gasteiger partial charge in [0.15, 0.2) is 0 Å². The summed E-state index contributed by atoms with van der Waals surface area (Å²) < 4.78 is 82.3. The van der Waals surface area contributed by atoms with Crippen LogP contribution in [0, 0.1) is 0 Å². The van der Waals surface area contributed by atoms with E-state index in [9.17, 15) is 26.3 Å². The van der Waals surface area contributed by atoms with Crippen molar-refractivity contribution in [1.82, 2.24) is 0 Å². The van der Waals surface area contributed by atoms with Gasteiger partial charge in [0, 0.05) is 0 Å². The number of aliphatic hydroxyl groups excluding tert-OH is 1. The molecule has 0 saturated heterocycles. The van der Waals surface area contributed by atoms with Gasteiger partial charge >= 0.3 is 12.4 Å². The number of halogens is 6. The monoisotopic (exact) mass is 379 g/mol. The molecule has 0 unspecified atom stereocenters. The van der Waals surface area contributed by atoms with Gasteiger partial charge < -0.3 is 15.6 Å². The molecule has 0 aliphatic carbocycles. The molecular weight excluding hydrogens is 364 g/mol. The molecule has 26 heavy (non-hydrogen) atoms. The lowest BCUT2D eigenvalue weighted by atomic mass is 10.1. The third kappa shape index (κ3) is 5.12. The Bertz CT molecular complexity index is 725. The zero-order chi connectivity index (χ0) is 19.5. The van der Waals surface area contributed by atoms with Crippen molar-refractivity contribution in [2.75, 3.05) is 6.61 Å². The highest BCUT2D eigenvalue weighted by Gasteiger charge is 2.36. The van der Waals surface area contributed by atoms with Crippen LogP contribution in [0.4, 0.5) is 26.3 Å². The van der Waals surface area contributed by atoms with Crippen molar-refractivity contribution in [2.24, 2.45) is 5.73 Å². The van der Waals surface area contributed by atoms with Crippen molar-refractivity contribution in [3.63, 3.8) is 0 Å². The smallest absolute Gasteiger partial charge is 0.416 e. The summed E-state index contributed by atoms with van der Waals surface area (Å²) in [5.74, 6) is 0.206. The van der Waals surface area contributed by atoms with Gasteiger partial charge in [0.1, 0.15) is 12.4 Å². The van der Waals surface area contributed by atoms with Gasteiger partial charge in [-0.05, 0) is 41.5 Å². The van der Waals surface area contributed by atoms with Crippen LogP contribution in [0.5, 0.6) is 5.75 Å². The Hall–Kier alpha value is -2.26. The second-order valence-electron chi connectivity index (χ2n) is 5.56. The fourth-order valence-electron chi connectivity index (χ4n) is 2.21. The Balaban J connectivity index is 2.26. The predicted octanol–water partition coefficient (Wildman–Crippen LogP) is 4.30.